The van der Waals surface area contributed by atoms with Gasteiger partial charge >= 0.3 is 5.97 Å². The third-order valence-corrected chi connectivity index (χ3v) is 9.19. The number of nitrogens with zero attached hydrogens (tertiary/aromatic N) is 3. The van der Waals surface area contributed by atoms with E-state index in [2.05, 4.69) is 27.9 Å². The van der Waals surface area contributed by atoms with E-state index < -0.39 is 21.4 Å². The maximum Gasteiger partial charge on any atom is 0.311 e. The molecule has 1 aromatic carbocycles. The quantitative estimate of drug-likeness (QED) is 0.400. The predicted octanol–water partition coefficient (Wildman–Crippen LogP) is 5.39. The number of benzene rings is 1. The van der Waals surface area contributed by atoms with Crippen molar-refractivity contribution in [1.29, 1.82) is 0 Å². The Balaban J connectivity index is 1.30. The van der Waals surface area contributed by atoms with Gasteiger partial charge in [-0.05, 0) is 86.6 Å². The number of sulfonamides is 1. The first kappa shape index (κ1) is 24.9. The summed E-state index contributed by atoms with van der Waals surface area (Å²) in [4.78, 5) is 22.9. The van der Waals surface area contributed by atoms with Gasteiger partial charge in [0.15, 0.2) is 5.03 Å². The number of carboxylic acids is 1. The lowest BCUT2D eigenvalue weighted by Crippen LogP contribution is -2.46. The molecule has 1 saturated heterocycles. The number of hydrogen-bond donors (Lipinski definition) is 2. The van der Waals surface area contributed by atoms with Gasteiger partial charge in [0.25, 0.3) is 10.0 Å². The fourth-order valence-electron chi connectivity index (χ4n) is 5.46. The average molecular weight is 533 g/mol. The van der Waals surface area contributed by atoms with E-state index in [1.807, 2.05) is 17.0 Å². The van der Waals surface area contributed by atoms with Crippen LogP contribution < -0.4 is 9.62 Å². The molecule has 3 aliphatic rings. The second-order valence-electron chi connectivity index (χ2n) is 11.1. The molecule has 0 spiro atoms. The Hall–Kier alpha value is -3.46. The normalized spacial score (nSPS) is 21.8. The summed E-state index contributed by atoms with van der Waals surface area (Å²) in [7, 11) is -4.02. The van der Waals surface area contributed by atoms with Gasteiger partial charge in [0.2, 0.25) is 0 Å². The number of aliphatic carboxylic acids is 1. The SMILES string of the molecule is CC1(C(=O)O)CCCN(c2cccc(S(=O)(=O)Nc3ccc(C4CC4)c(-c4ccccc4C4CC4)n3)n2)C1. The first-order valence-electron chi connectivity index (χ1n) is 13.3. The number of carboxylic acid groups (broad SMARTS) is 1. The summed E-state index contributed by atoms with van der Waals surface area (Å²) < 4.78 is 29.5. The first-order valence-corrected chi connectivity index (χ1v) is 14.8. The topological polar surface area (TPSA) is 112 Å². The number of pyridine rings is 2. The van der Waals surface area contributed by atoms with Crippen LogP contribution in [0.2, 0.25) is 0 Å². The lowest BCUT2D eigenvalue weighted by Gasteiger charge is -2.38. The molecular weight excluding hydrogens is 500 g/mol. The van der Waals surface area contributed by atoms with Gasteiger partial charge in [-0.15, -0.1) is 0 Å². The molecule has 38 heavy (non-hydrogen) atoms. The van der Waals surface area contributed by atoms with Gasteiger partial charge in [-0.2, -0.15) is 8.42 Å². The highest BCUT2D eigenvalue weighted by Crippen LogP contribution is 2.48. The molecule has 198 valence electrons. The zero-order valence-corrected chi connectivity index (χ0v) is 22.2. The van der Waals surface area contributed by atoms with Gasteiger partial charge in [0, 0.05) is 18.7 Å². The van der Waals surface area contributed by atoms with Crippen LogP contribution in [0.5, 0.6) is 0 Å². The average Bonchev–Trinajstić information content (AvgIpc) is 3.82. The van der Waals surface area contributed by atoms with Gasteiger partial charge in [0.05, 0.1) is 11.1 Å². The van der Waals surface area contributed by atoms with Crippen LogP contribution in [0.4, 0.5) is 11.6 Å². The van der Waals surface area contributed by atoms with Crippen LogP contribution >= 0.6 is 0 Å². The van der Waals surface area contributed by atoms with Gasteiger partial charge in [-0.25, -0.2) is 9.97 Å². The predicted molar refractivity (Wildman–Crippen MR) is 146 cm³/mol. The molecule has 3 heterocycles. The van der Waals surface area contributed by atoms with Crippen molar-refractivity contribution in [2.45, 2.75) is 62.3 Å². The standard InChI is InChI=1S/C29H32N4O4S/c1-29(28(34)35)16-5-17-33(18-29)25-8-4-9-26(31-25)38(36,37)32-24-15-14-22(20-12-13-20)27(30-24)23-7-3-2-6-21(23)19-10-11-19/h2-4,6-9,14-15,19-20H,5,10-13,16-18H2,1H3,(H,30,32)(H,34,35). The van der Waals surface area contributed by atoms with Crippen LogP contribution in [0.15, 0.2) is 59.6 Å². The lowest BCUT2D eigenvalue weighted by atomic mass is 9.82. The molecule has 2 saturated carbocycles. The highest BCUT2D eigenvalue weighted by Gasteiger charge is 2.38. The van der Waals surface area contributed by atoms with E-state index in [0.29, 0.717) is 37.0 Å². The Morgan fingerprint density at radius 1 is 0.974 bits per heavy atom. The van der Waals surface area contributed by atoms with Crippen LogP contribution in [0.3, 0.4) is 0 Å². The van der Waals surface area contributed by atoms with Crippen LogP contribution in [-0.4, -0.2) is 42.6 Å². The van der Waals surface area contributed by atoms with Crippen molar-refractivity contribution in [3.05, 3.63) is 65.7 Å². The number of anilines is 2. The molecule has 2 N–H and O–H groups in total. The molecule has 9 heteroatoms. The number of hydrogen-bond acceptors (Lipinski definition) is 6. The van der Waals surface area contributed by atoms with Gasteiger partial charge < -0.3 is 10.0 Å². The number of piperidine rings is 1. The van der Waals surface area contributed by atoms with Gasteiger partial charge in [0.1, 0.15) is 11.6 Å². The minimum atomic E-state index is -4.02. The molecular formula is C29H32N4O4S. The Morgan fingerprint density at radius 3 is 2.45 bits per heavy atom. The molecule has 3 aromatic rings. The molecule has 2 aliphatic carbocycles. The summed E-state index contributed by atoms with van der Waals surface area (Å²) in [5, 5.41) is 9.54. The van der Waals surface area contributed by atoms with Crippen molar-refractivity contribution < 1.29 is 18.3 Å². The molecule has 3 fully saturated rings. The summed E-state index contributed by atoms with van der Waals surface area (Å²) in [6, 6.07) is 16.9. The zero-order valence-electron chi connectivity index (χ0n) is 21.4. The van der Waals surface area contributed by atoms with Crippen molar-refractivity contribution in [3.8, 4) is 11.3 Å². The first-order chi connectivity index (χ1) is 18.2. The highest BCUT2D eigenvalue weighted by atomic mass is 32.2. The largest absolute Gasteiger partial charge is 0.481 e. The third-order valence-electron chi connectivity index (χ3n) is 7.94. The lowest BCUT2D eigenvalue weighted by molar-refractivity contribution is -0.148. The third kappa shape index (κ3) is 4.87. The molecule has 2 aromatic heterocycles. The summed E-state index contributed by atoms with van der Waals surface area (Å²) in [6.07, 6.45) is 5.87. The van der Waals surface area contributed by atoms with Crippen molar-refractivity contribution in [2.75, 3.05) is 22.7 Å². The molecule has 0 amide bonds. The molecule has 8 nitrogen and oxygen atoms in total. The van der Waals surface area contributed by atoms with Crippen LogP contribution in [0.1, 0.15) is 68.4 Å². The molecule has 0 bridgehead atoms. The minimum absolute atomic E-state index is 0.120. The second kappa shape index (κ2) is 9.38. The van der Waals surface area contributed by atoms with Crippen LogP contribution in [-0.2, 0) is 14.8 Å². The molecule has 1 aliphatic heterocycles. The van der Waals surface area contributed by atoms with Crippen molar-refractivity contribution in [3.63, 3.8) is 0 Å². The number of aromatic nitrogens is 2. The summed E-state index contributed by atoms with van der Waals surface area (Å²) in [5.74, 6) is 0.877. The van der Waals surface area contributed by atoms with E-state index >= 15 is 0 Å². The van der Waals surface area contributed by atoms with E-state index in [1.54, 1.807) is 25.1 Å². The van der Waals surface area contributed by atoms with Gasteiger partial charge in [-0.3, -0.25) is 9.52 Å². The van der Waals surface area contributed by atoms with E-state index in [1.165, 1.54) is 30.0 Å². The van der Waals surface area contributed by atoms with Crippen LogP contribution in [0, 0.1) is 5.41 Å². The van der Waals surface area contributed by atoms with Gasteiger partial charge in [-0.1, -0.05) is 36.4 Å². The minimum Gasteiger partial charge on any atom is -0.481 e. The Morgan fingerprint density at radius 2 is 1.71 bits per heavy atom. The molecule has 0 radical (unpaired) electrons. The van der Waals surface area contributed by atoms with Crippen molar-refractivity contribution in [2.24, 2.45) is 5.41 Å². The maximum atomic E-state index is 13.4. The Kier molecular flexibility index (Phi) is 6.13. The van der Waals surface area contributed by atoms with E-state index in [-0.39, 0.29) is 17.4 Å². The van der Waals surface area contributed by atoms with Crippen LogP contribution in [0.25, 0.3) is 11.3 Å². The number of rotatable bonds is 8. The van der Waals surface area contributed by atoms with E-state index in [0.717, 1.165) is 24.1 Å². The zero-order chi connectivity index (χ0) is 26.5. The monoisotopic (exact) mass is 532 g/mol. The second-order valence-corrected chi connectivity index (χ2v) is 12.7. The molecule has 1 unspecified atom stereocenters. The molecule has 1 atom stereocenters. The van der Waals surface area contributed by atoms with Crippen molar-refractivity contribution >= 4 is 27.6 Å². The fourth-order valence-corrected chi connectivity index (χ4v) is 6.42. The number of nitrogens with one attached hydrogen (secondary N) is 1. The molecule has 6 rings (SSSR count). The highest BCUT2D eigenvalue weighted by molar-refractivity contribution is 7.92. The summed E-state index contributed by atoms with van der Waals surface area (Å²) >= 11 is 0. The Labute approximate surface area is 223 Å². The fraction of sp³-hybridized carbons (Fsp3) is 0.414. The van der Waals surface area contributed by atoms with Crippen molar-refractivity contribution in [1.82, 2.24) is 9.97 Å². The smallest absolute Gasteiger partial charge is 0.311 e. The van der Waals surface area contributed by atoms with E-state index in [9.17, 15) is 18.3 Å². The number of carbonyl (C=O) groups is 1. The van der Waals surface area contributed by atoms with E-state index in [4.69, 9.17) is 4.98 Å². The Bertz CT molecular complexity index is 1500. The maximum absolute atomic E-state index is 13.4. The summed E-state index contributed by atoms with van der Waals surface area (Å²) in [5.41, 5.74) is 3.51. The summed E-state index contributed by atoms with van der Waals surface area (Å²) in [6.45, 7) is 2.63.